The lowest BCUT2D eigenvalue weighted by Gasteiger charge is -2.27. The van der Waals surface area contributed by atoms with E-state index in [0.717, 1.165) is 36.8 Å². The lowest BCUT2D eigenvalue weighted by Crippen LogP contribution is -2.34. The van der Waals surface area contributed by atoms with Crippen molar-refractivity contribution in [1.82, 2.24) is 9.97 Å². The second-order valence-electron chi connectivity index (χ2n) is 5.41. The summed E-state index contributed by atoms with van der Waals surface area (Å²) in [7, 11) is 0. The highest BCUT2D eigenvalue weighted by Gasteiger charge is 2.32. The molecule has 18 heavy (non-hydrogen) atoms. The van der Waals surface area contributed by atoms with E-state index in [1.807, 2.05) is 13.0 Å². The van der Waals surface area contributed by atoms with Gasteiger partial charge in [-0.2, -0.15) is 0 Å². The van der Waals surface area contributed by atoms with Crippen molar-refractivity contribution in [2.24, 2.45) is 11.1 Å². The quantitative estimate of drug-likeness (QED) is 0.839. The topological polar surface area (TPSA) is 63.8 Å². The van der Waals surface area contributed by atoms with Gasteiger partial charge in [0.05, 0.1) is 0 Å². The molecule has 1 saturated carbocycles. The summed E-state index contributed by atoms with van der Waals surface area (Å²) in [5.74, 6) is 1.78. The summed E-state index contributed by atoms with van der Waals surface area (Å²) in [4.78, 5) is 8.84. The molecule has 1 aliphatic carbocycles. The minimum atomic E-state index is 0.283. The molecule has 4 nitrogen and oxygen atoms in total. The molecule has 1 fully saturated rings. The van der Waals surface area contributed by atoms with Crippen LogP contribution in [-0.4, -0.2) is 23.1 Å². The van der Waals surface area contributed by atoms with Gasteiger partial charge in [0.2, 0.25) is 0 Å². The Morgan fingerprint density at radius 1 is 1.33 bits per heavy atom. The highest BCUT2D eigenvalue weighted by Crippen LogP contribution is 2.37. The number of aromatic nitrogens is 2. The molecule has 0 bridgehead atoms. The van der Waals surface area contributed by atoms with Crippen molar-refractivity contribution in [1.29, 1.82) is 0 Å². The van der Waals surface area contributed by atoms with Crippen LogP contribution in [0.2, 0.25) is 0 Å². The third kappa shape index (κ3) is 2.99. The van der Waals surface area contributed by atoms with E-state index >= 15 is 0 Å². The minimum Gasteiger partial charge on any atom is -0.369 e. The average Bonchev–Trinajstić information content (AvgIpc) is 2.85. The van der Waals surface area contributed by atoms with Crippen LogP contribution in [0.25, 0.3) is 0 Å². The highest BCUT2D eigenvalue weighted by atomic mass is 15.0. The van der Waals surface area contributed by atoms with Crippen LogP contribution in [0.4, 0.5) is 5.82 Å². The number of nitrogens with two attached hydrogens (primary N) is 1. The van der Waals surface area contributed by atoms with E-state index < -0.39 is 0 Å². The molecule has 1 aliphatic rings. The van der Waals surface area contributed by atoms with Crippen LogP contribution in [0.3, 0.4) is 0 Å². The van der Waals surface area contributed by atoms with Crippen molar-refractivity contribution < 1.29 is 0 Å². The number of rotatable bonds is 5. The number of hydrogen-bond acceptors (Lipinski definition) is 4. The van der Waals surface area contributed by atoms with Crippen LogP contribution in [0.5, 0.6) is 0 Å². The molecule has 1 heterocycles. The number of aryl methyl sites for hydroxylation is 2. The Hall–Kier alpha value is -1.16. The molecule has 0 amide bonds. The van der Waals surface area contributed by atoms with Crippen molar-refractivity contribution >= 4 is 5.82 Å². The molecule has 0 radical (unpaired) electrons. The fourth-order valence-electron chi connectivity index (χ4n) is 2.76. The SMILES string of the molecule is CCc1cc(NCC2(CN)CCCC2)nc(C)n1. The van der Waals surface area contributed by atoms with Crippen molar-refractivity contribution in [3.63, 3.8) is 0 Å². The fraction of sp³-hybridized carbons (Fsp3) is 0.714. The van der Waals surface area contributed by atoms with Crippen LogP contribution in [0, 0.1) is 12.3 Å². The van der Waals surface area contributed by atoms with Gasteiger partial charge in [-0.05, 0) is 38.1 Å². The van der Waals surface area contributed by atoms with Crippen LogP contribution in [0.1, 0.15) is 44.1 Å². The zero-order valence-electron chi connectivity index (χ0n) is 11.5. The Labute approximate surface area is 109 Å². The molecule has 2 rings (SSSR count). The zero-order valence-corrected chi connectivity index (χ0v) is 11.5. The van der Waals surface area contributed by atoms with Gasteiger partial charge in [-0.25, -0.2) is 9.97 Å². The van der Waals surface area contributed by atoms with Gasteiger partial charge < -0.3 is 11.1 Å². The molecule has 0 aliphatic heterocycles. The number of nitrogens with zero attached hydrogens (tertiary/aromatic N) is 2. The van der Waals surface area contributed by atoms with Gasteiger partial charge in [0.1, 0.15) is 11.6 Å². The molecule has 1 aromatic rings. The van der Waals surface area contributed by atoms with Gasteiger partial charge in [0, 0.05) is 18.3 Å². The molecule has 4 heteroatoms. The summed E-state index contributed by atoms with van der Waals surface area (Å²) in [5.41, 5.74) is 7.32. The summed E-state index contributed by atoms with van der Waals surface area (Å²) in [6.07, 6.45) is 6.03. The molecule has 0 atom stereocenters. The summed E-state index contributed by atoms with van der Waals surface area (Å²) in [5, 5.41) is 3.46. The molecular weight excluding hydrogens is 224 g/mol. The van der Waals surface area contributed by atoms with Crippen molar-refractivity contribution in [2.45, 2.75) is 46.0 Å². The van der Waals surface area contributed by atoms with Gasteiger partial charge in [-0.1, -0.05) is 19.8 Å². The summed E-state index contributed by atoms with van der Waals surface area (Å²) in [6, 6.07) is 2.05. The second kappa shape index (κ2) is 5.65. The first kappa shape index (κ1) is 13.3. The van der Waals surface area contributed by atoms with E-state index in [2.05, 4.69) is 22.2 Å². The lowest BCUT2D eigenvalue weighted by molar-refractivity contribution is 0.332. The van der Waals surface area contributed by atoms with Gasteiger partial charge in [0.25, 0.3) is 0 Å². The molecular formula is C14H24N4. The molecule has 3 N–H and O–H groups in total. The minimum absolute atomic E-state index is 0.283. The number of hydrogen-bond donors (Lipinski definition) is 2. The van der Waals surface area contributed by atoms with E-state index in [9.17, 15) is 0 Å². The van der Waals surface area contributed by atoms with Crippen molar-refractivity contribution in [3.05, 3.63) is 17.6 Å². The first-order valence-electron chi connectivity index (χ1n) is 6.96. The Morgan fingerprint density at radius 3 is 2.67 bits per heavy atom. The van der Waals surface area contributed by atoms with Gasteiger partial charge in [-0.3, -0.25) is 0 Å². The van der Waals surface area contributed by atoms with E-state index in [4.69, 9.17) is 5.73 Å². The zero-order chi connectivity index (χ0) is 13.0. The summed E-state index contributed by atoms with van der Waals surface area (Å²) < 4.78 is 0. The molecule has 0 saturated heterocycles. The predicted octanol–water partition coefficient (Wildman–Crippen LogP) is 2.28. The molecule has 0 aromatic carbocycles. The second-order valence-corrected chi connectivity index (χ2v) is 5.41. The molecule has 0 unspecified atom stereocenters. The molecule has 0 spiro atoms. The average molecular weight is 248 g/mol. The van der Waals surface area contributed by atoms with Crippen LogP contribution < -0.4 is 11.1 Å². The summed E-state index contributed by atoms with van der Waals surface area (Å²) in [6.45, 7) is 5.76. The third-order valence-electron chi connectivity index (χ3n) is 3.99. The molecule has 1 aromatic heterocycles. The third-order valence-corrected chi connectivity index (χ3v) is 3.99. The normalized spacial score (nSPS) is 17.9. The highest BCUT2D eigenvalue weighted by molar-refractivity contribution is 5.36. The van der Waals surface area contributed by atoms with Crippen LogP contribution >= 0.6 is 0 Å². The van der Waals surface area contributed by atoms with Crippen molar-refractivity contribution in [2.75, 3.05) is 18.4 Å². The monoisotopic (exact) mass is 248 g/mol. The van der Waals surface area contributed by atoms with Crippen molar-refractivity contribution in [3.8, 4) is 0 Å². The number of anilines is 1. The Kier molecular flexibility index (Phi) is 4.17. The fourth-order valence-corrected chi connectivity index (χ4v) is 2.76. The van der Waals surface area contributed by atoms with E-state index in [1.54, 1.807) is 0 Å². The van der Waals surface area contributed by atoms with Gasteiger partial charge in [-0.15, -0.1) is 0 Å². The Balaban J connectivity index is 2.03. The van der Waals surface area contributed by atoms with Gasteiger partial charge >= 0.3 is 0 Å². The number of nitrogens with one attached hydrogen (secondary N) is 1. The van der Waals surface area contributed by atoms with Gasteiger partial charge in [0.15, 0.2) is 0 Å². The van der Waals surface area contributed by atoms with E-state index in [1.165, 1.54) is 25.7 Å². The predicted molar refractivity (Wildman–Crippen MR) is 74.6 cm³/mol. The van der Waals surface area contributed by atoms with E-state index in [-0.39, 0.29) is 5.41 Å². The molecule has 100 valence electrons. The smallest absolute Gasteiger partial charge is 0.129 e. The largest absolute Gasteiger partial charge is 0.369 e. The maximum atomic E-state index is 5.95. The first-order chi connectivity index (χ1) is 8.67. The van der Waals surface area contributed by atoms with Crippen LogP contribution in [0.15, 0.2) is 6.07 Å². The Bertz CT molecular complexity index is 397. The van der Waals surface area contributed by atoms with Crippen LogP contribution in [-0.2, 0) is 6.42 Å². The Morgan fingerprint density at radius 2 is 2.06 bits per heavy atom. The van der Waals surface area contributed by atoms with E-state index in [0.29, 0.717) is 0 Å². The maximum Gasteiger partial charge on any atom is 0.129 e. The maximum absolute atomic E-state index is 5.95. The standard InChI is InChI=1S/C14H24N4/c1-3-12-8-13(18-11(2)17-12)16-10-14(9-15)6-4-5-7-14/h8H,3-7,9-10,15H2,1-2H3,(H,16,17,18). The first-order valence-corrected chi connectivity index (χ1v) is 6.96. The lowest BCUT2D eigenvalue weighted by atomic mass is 9.86. The summed E-state index contributed by atoms with van der Waals surface area (Å²) >= 11 is 0.